The molecule has 3 rings (SSSR count). The molecule has 2 atom stereocenters. The summed E-state index contributed by atoms with van der Waals surface area (Å²) in [6, 6.07) is 15.2. The van der Waals surface area contributed by atoms with E-state index in [9.17, 15) is 4.79 Å². The van der Waals surface area contributed by atoms with Crippen molar-refractivity contribution in [2.24, 2.45) is 0 Å². The van der Waals surface area contributed by atoms with Crippen molar-refractivity contribution in [3.63, 3.8) is 0 Å². The third kappa shape index (κ3) is 5.79. The molecule has 31 heavy (non-hydrogen) atoms. The molecular formula is C23H28N4O3S. The first kappa shape index (κ1) is 22.7. The van der Waals surface area contributed by atoms with E-state index in [0.29, 0.717) is 23.3 Å². The number of amides is 1. The van der Waals surface area contributed by atoms with Gasteiger partial charge in [-0.3, -0.25) is 4.79 Å². The van der Waals surface area contributed by atoms with Gasteiger partial charge in [-0.15, -0.1) is 10.2 Å². The number of benzene rings is 2. The number of hydrogen-bond acceptors (Lipinski definition) is 6. The second-order valence-electron chi connectivity index (χ2n) is 7.14. The minimum absolute atomic E-state index is 0.0801. The summed E-state index contributed by atoms with van der Waals surface area (Å²) in [5.74, 6) is 2.05. The standard InChI is InChI=1S/C23H28N4O3S/c1-6-27-21(16(3)30-20-12-8-11-19(14-20)29-5)25-26-23(27)31-17(4)22(28)24-18-10-7-9-15(2)13-18/h7-14,16-17H,6H2,1-5H3,(H,24,28). The molecule has 1 N–H and O–H groups in total. The Morgan fingerprint density at radius 1 is 1.13 bits per heavy atom. The van der Waals surface area contributed by atoms with Crippen molar-refractivity contribution in [3.05, 3.63) is 59.9 Å². The monoisotopic (exact) mass is 440 g/mol. The fourth-order valence-electron chi connectivity index (χ4n) is 3.09. The molecule has 2 unspecified atom stereocenters. The van der Waals surface area contributed by atoms with Crippen LogP contribution in [0.15, 0.2) is 53.7 Å². The van der Waals surface area contributed by atoms with E-state index in [-0.39, 0.29) is 17.3 Å². The van der Waals surface area contributed by atoms with E-state index >= 15 is 0 Å². The molecule has 3 aromatic rings. The summed E-state index contributed by atoms with van der Waals surface area (Å²) in [5, 5.41) is 12.0. The summed E-state index contributed by atoms with van der Waals surface area (Å²) in [6.07, 6.45) is -0.315. The second kappa shape index (κ2) is 10.3. The lowest BCUT2D eigenvalue weighted by molar-refractivity contribution is -0.115. The Balaban J connectivity index is 1.69. The van der Waals surface area contributed by atoms with Crippen molar-refractivity contribution in [2.75, 3.05) is 12.4 Å². The average molecular weight is 441 g/mol. The Hall–Kier alpha value is -3.00. The van der Waals surface area contributed by atoms with Gasteiger partial charge in [-0.1, -0.05) is 30.0 Å². The molecule has 1 amide bonds. The van der Waals surface area contributed by atoms with Crippen LogP contribution < -0.4 is 14.8 Å². The normalized spacial score (nSPS) is 12.8. The van der Waals surface area contributed by atoms with E-state index < -0.39 is 0 Å². The number of aryl methyl sites for hydroxylation is 1. The number of anilines is 1. The van der Waals surface area contributed by atoms with E-state index in [1.807, 2.05) is 80.8 Å². The highest BCUT2D eigenvalue weighted by molar-refractivity contribution is 8.00. The van der Waals surface area contributed by atoms with Crippen LogP contribution in [0.1, 0.15) is 38.3 Å². The molecular weight excluding hydrogens is 412 g/mol. The summed E-state index contributed by atoms with van der Waals surface area (Å²) in [7, 11) is 1.62. The van der Waals surface area contributed by atoms with Crippen LogP contribution in [0.25, 0.3) is 0 Å². The topological polar surface area (TPSA) is 78.3 Å². The largest absolute Gasteiger partial charge is 0.497 e. The highest BCUT2D eigenvalue weighted by Crippen LogP contribution is 2.28. The van der Waals surface area contributed by atoms with E-state index in [4.69, 9.17) is 9.47 Å². The summed E-state index contributed by atoms with van der Waals surface area (Å²) in [6.45, 7) is 8.47. The predicted octanol–water partition coefficient (Wildman–Crippen LogP) is 4.87. The highest BCUT2D eigenvalue weighted by Gasteiger charge is 2.23. The van der Waals surface area contributed by atoms with Crippen LogP contribution in [-0.2, 0) is 11.3 Å². The average Bonchev–Trinajstić information content (AvgIpc) is 3.16. The first-order valence-corrected chi connectivity index (χ1v) is 11.1. The maximum Gasteiger partial charge on any atom is 0.237 e. The van der Waals surface area contributed by atoms with E-state index in [1.54, 1.807) is 7.11 Å². The Bertz CT molecular complexity index is 1040. The molecule has 0 saturated heterocycles. The van der Waals surface area contributed by atoms with Gasteiger partial charge in [-0.05, 0) is 57.5 Å². The van der Waals surface area contributed by atoms with Crippen LogP contribution in [0.5, 0.6) is 11.5 Å². The molecule has 7 nitrogen and oxygen atoms in total. The molecule has 0 saturated carbocycles. The number of hydrogen-bond donors (Lipinski definition) is 1. The molecule has 8 heteroatoms. The third-order valence-corrected chi connectivity index (χ3v) is 5.80. The molecule has 0 spiro atoms. The number of methoxy groups -OCH3 is 1. The Morgan fingerprint density at radius 2 is 1.87 bits per heavy atom. The zero-order chi connectivity index (χ0) is 22.4. The van der Waals surface area contributed by atoms with Gasteiger partial charge in [0.1, 0.15) is 11.5 Å². The molecule has 1 heterocycles. The zero-order valence-electron chi connectivity index (χ0n) is 18.5. The summed E-state index contributed by atoms with van der Waals surface area (Å²) in [4.78, 5) is 12.6. The fraction of sp³-hybridized carbons (Fsp3) is 0.348. The summed E-state index contributed by atoms with van der Waals surface area (Å²) < 4.78 is 13.3. The van der Waals surface area contributed by atoms with Crippen LogP contribution in [-0.4, -0.2) is 33.0 Å². The molecule has 1 aromatic heterocycles. The number of aromatic nitrogens is 3. The Labute approximate surface area is 187 Å². The maximum atomic E-state index is 12.6. The Kier molecular flexibility index (Phi) is 7.57. The van der Waals surface area contributed by atoms with Gasteiger partial charge in [0.25, 0.3) is 0 Å². The third-order valence-electron chi connectivity index (χ3n) is 4.72. The van der Waals surface area contributed by atoms with Crippen molar-refractivity contribution >= 4 is 23.4 Å². The summed E-state index contributed by atoms with van der Waals surface area (Å²) in [5.41, 5.74) is 1.88. The van der Waals surface area contributed by atoms with Crippen LogP contribution in [0.3, 0.4) is 0 Å². The van der Waals surface area contributed by atoms with Crippen molar-refractivity contribution in [3.8, 4) is 11.5 Å². The van der Waals surface area contributed by atoms with Crippen molar-refractivity contribution < 1.29 is 14.3 Å². The smallest absolute Gasteiger partial charge is 0.237 e. The van der Waals surface area contributed by atoms with Crippen LogP contribution >= 0.6 is 11.8 Å². The summed E-state index contributed by atoms with van der Waals surface area (Å²) >= 11 is 1.38. The molecule has 0 fully saturated rings. The number of carbonyl (C=O) groups is 1. The van der Waals surface area contributed by atoms with E-state index in [1.165, 1.54) is 11.8 Å². The first-order valence-electron chi connectivity index (χ1n) is 10.2. The van der Waals surface area contributed by atoms with Gasteiger partial charge >= 0.3 is 0 Å². The van der Waals surface area contributed by atoms with Crippen LogP contribution in [0, 0.1) is 6.92 Å². The second-order valence-corrected chi connectivity index (χ2v) is 8.45. The van der Waals surface area contributed by atoms with E-state index in [0.717, 1.165) is 17.0 Å². The van der Waals surface area contributed by atoms with Crippen molar-refractivity contribution in [1.29, 1.82) is 0 Å². The zero-order valence-corrected chi connectivity index (χ0v) is 19.3. The lowest BCUT2D eigenvalue weighted by Crippen LogP contribution is -2.23. The van der Waals surface area contributed by atoms with Gasteiger partial charge in [0.15, 0.2) is 17.1 Å². The molecule has 0 aliphatic carbocycles. The predicted molar refractivity (Wildman–Crippen MR) is 123 cm³/mol. The van der Waals surface area contributed by atoms with Gasteiger partial charge in [-0.2, -0.15) is 0 Å². The lowest BCUT2D eigenvalue weighted by Gasteiger charge is -2.17. The van der Waals surface area contributed by atoms with Crippen LogP contribution in [0.4, 0.5) is 5.69 Å². The minimum atomic E-state index is -0.336. The highest BCUT2D eigenvalue weighted by atomic mass is 32.2. The number of nitrogens with one attached hydrogen (secondary N) is 1. The number of thioether (sulfide) groups is 1. The first-order chi connectivity index (χ1) is 14.9. The lowest BCUT2D eigenvalue weighted by atomic mass is 10.2. The molecule has 2 aromatic carbocycles. The maximum absolute atomic E-state index is 12.6. The molecule has 0 bridgehead atoms. The number of ether oxygens (including phenoxy) is 2. The van der Waals surface area contributed by atoms with E-state index in [2.05, 4.69) is 15.5 Å². The van der Waals surface area contributed by atoms with Gasteiger partial charge in [0.05, 0.1) is 12.4 Å². The van der Waals surface area contributed by atoms with Gasteiger partial charge in [0, 0.05) is 18.3 Å². The number of rotatable bonds is 9. The number of nitrogens with zero attached hydrogens (tertiary/aromatic N) is 3. The van der Waals surface area contributed by atoms with Gasteiger partial charge in [0.2, 0.25) is 5.91 Å². The minimum Gasteiger partial charge on any atom is -0.497 e. The van der Waals surface area contributed by atoms with Crippen molar-refractivity contribution in [1.82, 2.24) is 14.8 Å². The molecule has 0 aliphatic heterocycles. The SMILES string of the molecule is CCn1c(SC(C)C(=O)Nc2cccc(C)c2)nnc1C(C)Oc1cccc(OC)c1. The Morgan fingerprint density at radius 3 is 2.58 bits per heavy atom. The fourth-order valence-corrected chi connectivity index (χ4v) is 4.01. The molecule has 0 aliphatic rings. The van der Waals surface area contributed by atoms with Crippen LogP contribution in [0.2, 0.25) is 0 Å². The number of carbonyl (C=O) groups excluding carboxylic acids is 1. The van der Waals surface area contributed by atoms with Gasteiger partial charge < -0.3 is 19.4 Å². The van der Waals surface area contributed by atoms with Crippen molar-refractivity contribution in [2.45, 2.75) is 50.8 Å². The molecule has 0 radical (unpaired) electrons. The quantitative estimate of drug-likeness (QED) is 0.478. The molecule has 164 valence electrons. The van der Waals surface area contributed by atoms with Gasteiger partial charge in [-0.25, -0.2) is 0 Å².